The number of likely N-dealkylation sites (N-methyl/N-ethyl adjacent to an activating group) is 1. The zero-order valence-electron chi connectivity index (χ0n) is 15.3. The summed E-state index contributed by atoms with van der Waals surface area (Å²) in [4.78, 5) is 24.7. The van der Waals surface area contributed by atoms with Crippen LogP contribution < -0.4 is 10.6 Å². The second kappa shape index (κ2) is 11.3. The number of halogens is 2. The van der Waals surface area contributed by atoms with Gasteiger partial charge in [-0.2, -0.15) is 0 Å². The summed E-state index contributed by atoms with van der Waals surface area (Å²) in [5.74, 6) is -1.20. The van der Waals surface area contributed by atoms with Crippen LogP contribution in [0.25, 0.3) is 0 Å². The largest absolute Gasteiger partial charge is 0.459 e. The third-order valence-corrected chi connectivity index (χ3v) is 4.00. The standard InChI is InChI=1S/C20H23FN2O3.ClH/c1-14(22-2)19(24)23-18(12-15-8-10-17(21)11-9-15)20(25)26-13-16-6-4-3-5-7-16;/h3-11,14,18,22H,12-13H2,1-2H3,(H,23,24);1H/t14-,18-;/m1./s1. The zero-order valence-corrected chi connectivity index (χ0v) is 16.1. The number of nitrogens with one attached hydrogen (secondary N) is 2. The van der Waals surface area contributed by atoms with Gasteiger partial charge in [-0.1, -0.05) is 42.5 Å². The first-order valence-corrected chi connectivity index (χ1v) is 8.42. The molecule has 146 valence electrons. The van der Waals surface area contributed by atoms with Gasteiger partial charge in [0.25, 0.3) is 0 Å². The molecule has 2 aromatic carbocycles. The lowest BCUT2D eigenvalue weighted by Crippen LogP contribution is -2.49. The van der Waals surface area contributed by atoms with Gasteiger partial charge >= 0.3 is 5.97 Å². The van der Waals surface area contributed by atoms with Gasteiger partial charge in [0.05, 0.1) is 6.04 Å². The molecule has 0 bridgehead atoms. The first-order valence-electron chi connectivity index (χ1n) is 8.42. The van der Waals surface area contributed by atoms with Crippen molar-refractivity contribution in [1.82, 2.24) is 10.6 Å². The van der Waals surface area contributed by atoms with Gasteiger partial charge in [0.15, 0.2) is 0 Å². The number of benzene rings is 2. The van der Waals surface area contributed by atoms with Gasteiger partial charge in [-0.15, -0.1) is 12.4 Å². The first-order chi connectivity index (χ1) is 12.5. The number of rotatable bonds is 8. The van der Waals surface area contributed by atoms with Crippen molar-refractivity contribution in [1.29, 1.82) is 0 Å². The summed E-state index contributed by atoms with van der Waals surface area (Å²) in [5, 5.41) is 5.52. The van der Waals surface area contributed by atoms with E-state index in [-0.39, 0.29) is 37.2 Å². The van der Waals surface area contributed by atoms with E-state index in [1.54, 1.807) is 26.1 Å². The van der Waals surface area contributed by atoms with Crippen LogP contribution >= 0.6 is 12.4 Å². The number of carbonyl (C=O) groups is 2. The maximum absolute atomic E-state index is 13.1. The average molecular weight is 395 g/mol. The highest BCUT2D eigenvalue weighted by Gasteiger charge is 2.24. The van der Waals surface area contributed by atoms with Crippen LogP contribution in [-0.2, 0) is 27.4 Å². The second-order valence-electron chi connectivity index (χ2n) is 6.00. The van der Waals surface area contributed by atoms with Crippen molar-refractivity contribution in [3.63, 3.8) is 0 Å². The van der Waals surface area contributed by atoms with Gasteiger partial charge < -0.3 is 15.4 Å². The van der Waals surface area contributed by atoms with Crippen LogP contribution in [-0.4, -0.2) is 31.0 Å². The molecule has 7 heteroatoms. The molecule has 5 nitrogen and oxygen atoms in total. The Bertz CT molecular complexity index is 726. The van der Waals surface area contributed by atoms with E-state index in [0.29, 0.717) is 0 Å². The molecule has 0 heterocycles. The quantitative estimate of drug-likeness (QED) is 0.675. The van der Waals surface area contributed by atoms with Crippen molar-refractivity contribution < 1.29 is 18.7 Å². The number of hydrogen-bond donors (Lipinski definition) is 2. The van der Waals surface area contributed by atoms with E-state index in [0.717, 1.165) is 11.1 Å². The molecular formula is C20H24ClFN2O3. The molecule has 0 saturated carbocycles. The monoisotopic (exact) mass is 394 g/mol. The van der Waals surface area contributed by atoms with Crippen molar-refractivity contribution in [2.75, 3.05) is 7.05 Å². The molecule has 1 amide bonds. The fourth-order valence-corrected chi connectivity index (χ4v) is 2.31. The fraction of sp³-hybridized carbons (Fsp3) is 0.300. The van der Waals surface area contributed by atoms with E-state index >= 15 is 0 Å². The van der Waals surface area contributed by atoms with Crippen LogP contribution in [0.5, 0.6) is 0 Å². The van der Waals surface area contributed by atoms with Gasteiger partial charge in [-0.25, -0.2) is 9.18 Å². The maximum Gasteiger partial charge on any atom is 0.329 e. The summed E-state index contributed by atoms with van der Waals surface area (Å²) in [6, 6.07) is 13.8. The minimum Gasteiger partial charge on any atom is -0.459 e. The molecule has 0 radical (unpaired) electrons. The minimum atomic E-state index is -0.854. The van der Waals surface area contributed by atoms with E-state index in [1.807, 2.05) is 30.3 Å². The van der Waals surface area contributed by atoms with Gasteiger partial charge in [-0.05, 0) is 37.2 Å². The Kier molecular flexibility index (Phi) is 9.47. The molecule has 2 rings (SSSR count). The van der Waals surface area contributed by atoms with Crippen LogP contribution in [0.4, 0.5) is 4.39 Å². The second-order valence-corrected chi connectivity index (χ2v) is 6.00. The molecule has 2 aromatic rings. The molecule has 0 aliphatic carbocycles. The molecule has 0 fully saturated rings. The number of hydrogen-bond acceptors (Lipinski definition) is 4. The summed E-state index contributed by atoms with van der Waals surface area (Å²) in [7, 11) is 1.66. The Labute approximate surface area is 164 Å². The molecule has 0 saturated heterocycles. The highest BCUT2D eigenvalue weighted by molar-refractivity contribution is 5.87. The average Bonchev–Trinajstić information content (AvgIpc) is 2.67. The molecule has 2 atom stereocenters. The number of esters is 1. The molecule has 0 spiro atoms. The molecular weight excluding hydrogens is 371 g/mol. The summed E-state index contributed by atoms with van der Waals surface area (Å²) in [6.07, 6.45) is 0.218. The topological polar surface area (TPSA) is 67.4 Å². The molecule has 0 aromatic heterocycles. The Hall–Kier alpha value is -2.44. The van der Waals surface area contributed by atoms with E-state index in [9.17, 15) is 14.0 Å². The number of ether oxygens (including phenoxy) is 1. The number of carbonyl (C=O) groups excluding carboxylic acids is 2. The summed E-state index contributed by atoms with van der Waals surface area (Å²) < 4.78 is 18.4. The highest BCUT2D eigenvalue weighted by Crippen LogP contribution is 2.09. The summed E-state index contributed by atoms with van der Waals surface area (Å²) in [5.41, 5.74) is 1.58. The normalized spacial score (nSPS) is 12.4. The van der Waals surface area contributed by atoms with E-state index in [4.69, 9.17) is 4.74 Å². The maximum atomic E-state index is 13.1. The van der Waals surface area contributed by atoms with Crippen LogP contribution in [0, 0.1) is 5.82 Å². The molecule has 27 heavy (non-hydrogen) atoms. The zero-order chi connectivity index (χ0) is 18.9. The van der Waals surface area contributed by atoms with Gasteiger partial charge in [0.1, 0.15) is 18.5 Å². The van der Waals surface area contributed by atoms with Crippen molar-refractivity contribution in [2.24, 2.45) is 0 Å². The lowest BCUT2D eigenvalue weighted by Gasteiger charge is -2.20. The Morgan fingerprint density at radius 3 is 2.26 bits per heavy atom. The van der Waals surface area contributed by atoms with Crippen molar-refractivity contribution >= 4 is 24.3 Å². The van der Waals surface area contributed by atoms with Gasteiger partial charge in [-0.3, -0.25) is 4.79 Å². The Balaban J connectivity index is 0.00000364. The first kappa shape index (κ1) is 22.6. The minimum absolute atomic E-state index is 0. The summed E-state index contributed by atoms with van der Waals surface area (Å²) >= 11 is 0. The third-order valence-electron chi connectivity index (χ3n) is 4.00. The van der Waals surface area contributed by atoms with Crippen molar-refractivity contribution in [3.05, 3.63) is 71.5 Å². The molecule has 0 aliphatic heterocycles. The Morgan fingerprint density at radius 2 is 1.67 bits per heavy atom. The van der Waals surface area contributed by atoms with Gasteiger partial charge in [0, 0.05) is 6.42 Å². The van der Waals surface area contributed by atoms with Crippen molar-refractivity contribution in [3.8, 4) is 0 Å². The predicted molar refractivity (Wildman–Crippen MR) is 104 cm³/mol. The van der Waals surface area contributed by atoms with E-state index < -0.39 is 18.1 Å². The summed E-state index contributed by atoms with van der Waals surface area (Å²) in [6.45, 7) is 1.82. The lowest BCUT2D eigenvalue weighted by atomic mass is 10.1. The molecule has 0 aliphatic rings. The predicted octanol–water partition coefficient (Wildman–Crippen LogP) is 2.63. The van der Waals surface area contributed by atoms with Crippen LogP contribution in [0.3, 0.4) is 0 Å². The van der Waals surface area contributed by atoms with Crippen LogP contribution in [0.15, 0.2) is 54.6 Å². The fourth-order valence-electron chi connectivity index (χ4n) is 2.31. The smallest absolute Gasteiger partial charge is 0.329 e. The number of amides is 1. The SMILES string of the molecule is CN[C@H](C)C(=O)N[C@H](Cc1ccc(F)cc1)C(=O)OCc1ccccc1.Cl. The third kappa shape index (κ3) is 7.37. The van der Waals surface area contributed by atoms with E-state index in [1.165, 1.54) is 12.1 Å². The molecule has 0 unspecified atom stereocenters. The van der Waals surface area contributed by atoms with E-state index in [2.05, 4.69) is 10.6 Å². The van der Waals surface area contributed by atoms with Gasteiger partial charge in [0.2, 0.25) is 5.91 Å². The lowest BCUT2D eigenvalue weighted by molar-refractivity contribution is -0.149. The highest BCUT2D eigenvalue weighted by atomic mass is 35.5. The van der Waals surface area contributed by atoms with Crippen molar-refractivity contribution in [2.45, 2.75) is 32.0 Å². The van der Waals surface area contributed by atoms with Crippen LogP contribution in [0.1, 0.15) is 18.1 Å². The van der Waals surface area contributed by atoms with Crippen LogP contribution in [0.2, 0.25) is 0 Å². The molecule has 2 N–H and O–H groups in total. The Morgan fingerprint density at radius 1 is 1.04 bits per heavy atom.